The maximum atomic E-state index is 12.6. The summed E-state index contributed by atoms with van der Waals surface area (Å²) in [5.74, 6) is 1.02. The van der Waals surface area contributed by atoms with Crippen LogP contribution in [0.25, 0.3) is 10.1 Å². The first-order chi connectivity index (χ1) is 11.3. The molecule has 1 unspecified atom stereocenters. The van der Waals surface area contributed by atoms with Crippen LogP contribution in [0.4, 0.5) is 5.82 Å². The molecule has 2 aromatic rings. The zero-order chi connectivity index (χ0) is 15.6. The van der Waals surface area contributed by atoms with Crippen molar-refractivity contribution in [1.29, 1.82) is 0 Å². The lowest BCUT2D eigenvalue weighted by molar-refractivity contribution is -0.148. The Morgan fingerprint density at radius 1 is 1.22 bits per heavy atom. The molecule has 0 saturated carbocycles. The predicted molar refractivity (Wildman–Crippen MR) is 89.0 cm³/mol. The molecule has 0 radical (unpaired) electrons. The molecule has 2 saturated heterocycles. The number of ether oxygens (including phenoxy) is 2. The molecule has 23 heavy (non-hydrogen) atoms. The Morgan fingerprint density at radius 2 is 2.09 bits per heavy atom. The maximum Gasteiger partial charge on any atom is 0.253 e. The molecule has 0 bridgehead atoms. The van der Waals surface area contributed by atoms with Crippen LogP contribution in [0, 0.1) is 0 Å². The van der Waals surface area contributed by atoms with Crippen molar-refractivity contribution in [2.75, 3.05) is 50.9 Å². The van der Waals surface area contributed by atoms with Gasteiger partial charge in [0.25, 0.3) is 5.91 Å². The monoisotopic (exact) mass is 333 g/mol. The summed E-state index contributed by atoms with van der Waals surface area (Å²) in [6.45, 7) is 4.37. The van der Waals surface area contributed by atoms with E-state index in [1.807, 2.05) is 17.2 Å². The molecule has 2 aliphatic heterocycles. The number of pyridine rings is 1. The first-order valence-electron chi connectivity index (χ1n) is 7.88. The quantitative estimate of drug-likeness (QED) is 0.831. The lowest BCUT2D eigenvalue weighted by atomic mass is 10.2. The van der Waals surface area contributed by atoms with Gasteiger partial charge < -0.3 is 19.3 Å². The van der Waals surface area contributed by atoms with E-state index in [0.29, 0.717) is 39.5 Å². The van der Waals surface area contributed by atoms with Gasteiger partial charge in [0.05, 0.1) is 26.4 Å². The number of carbonyl (C=O) groups is 1. The number of rotatable bonds is 2. The van der Waals surface area contributed by atoms with E-state index in [1.165, 1.54) is 4.70 Å². The number of amides is 1. The van der Waals surface area contributed by atoms with Crippen molar-refractivity contribution in [3.05, 3.63) is 23.7 Å². The van der Waals surface area contributed by atoms with Gasteiger partial charge in [-0.1, -0.05) is 0 Å². The second kappa shape index (κ2) is 6.43. The Morgan fingerprint density at radius 3 is 2.96 bits per heavy atom. The Labute approximate surface area is 138 Å². The fraction of sp³-hybridized carbons (Fsp3) is 0.500. The van der Waals surface area contributed by atoms with Gasteiger partial charge in [-0.05, 0) is 17.5 Å². The predicted octanol–water partition coefficient (Wildman–Crippen LogP) is 1.36. The Balaban J connectivity index is 1.52. The zero-order valence-electron chi connectivity index (χ0n) is 12.8. The van der Waals surface area contributed by atoms with Gasteiger partial charge in [0.15, 0.2) is 6.10 Å². The smallest absolute Gasteiger partial charge is 0.253 e. The lowest BCUT2D eigenvalue weighted by Crippen LogP contribution is -2.53. The van der Waals surface area contributed by atoms with Crippen molar-refractivity contribution in [3.63, 3.8) is 0 Å². The highest BCUT2D eigenvalue weighted by atomic mass is 32.1. The minimum Gasteiger partial charge on any atom is -0.378 e. The van der Waals surface area contributed by atoms with Crippen LogP contribution in [0.5, 0.6) is 0 Å². The topological polar surface area (TPSA) is 54.9 Å². The number of nitrogens with zero attached hydrogens (tertiary/aromatic N) is 3. The first kappa shape index (κ1) is 14.9. The number of morpholine rings is 2. The van der Waals surface area contributed by atoms with Gasteiger partial charge in [0, 0.05) is 35.9 Å². The third-order valence-corrected chi connectivity index (χ3v) is 5.21. The van der Waals surface area contributed by atoms with Gasteiger partial charge in [0.1, 0.15) is 5.82 Å². The van der Waals surface area contributed by atoms with Gasteiger partial charge in [-0.15, -0.1) is 11.3 Å². The molecule has 4 heterocycles. The summed E-state index contributed by atoms with van der Waals surface area (Å²) in [5, 5.41) is 3.23. The van der Waals surface area contributed by atoms with Gasteiger partial charge >= 0.3 is 0 Å². The highest BCUT2D eigenvalue weighted by Gasteiger charge is 2.32. The number of hydrogen-bond donors (Lipinski definition) is 0. The standard InChI is InChI=1S/C16H19N3O3S/c20-16(18-4-7-21-8-5-18)13-11-19(6-9-22-13)15-12-2-10-23-14(12)1-3-17-15/h1-3,10,13H,4-9,11H2. The van der Waals surface area contributed by atoms with E-state index in [-0.39, 0.29) is 5.91 Å². The van der Waals surface area contributed by atoms with E-state index < -0.39 is 6.10 Å². The number of hydrogen-bond acceptors (Lipinski definition) is 6. The molecule has 2 aliphatic rings. The largest absolute Gasteiger partial charge is 0.378 e. The average molecular weight is 333 g/mol. The third kappa shape index (κ3) is 2.91. The summed E-state index contributed by atoms with van der Waals surface area (Å²) >= 11 is 1.71. The van der Waals surface area contributed by atoms with Crippen LogP contribution >= 0.6 is 11.3 Å². The summed E-state index contributed by atoms with van der Waals surface area (Å²) in [4.78, 5) is 21.2. The van der Waals surface area contributed by atoms with E-state index >= 15 is 0 Å². The minimum atomic E-state index is -0.419. The van der Waals surface area contributed by atoms with Crippen LogP contribution in [0.1, 0.15) is 0 Å². The molecule has 1 amide bonds. The molecule has 1 atom stereocenters. The van der Waals surface area contributed by atoms with Crippen LogP contribution in [-0.4, -0.2) is 67.9 Å². The van der Waals surface area contributed by atoms with Crippen LogP contribution in [0.3, 0.4) is 0 Å². The highest BCUT2D eigenvalue weighted by Crippen LogP contribution is 2.29. The van der Waals surface area contributed by atoms with E-state index in [4.69, 9.17) is 9.47 Å². The normalized spacial score (nSPS) is 22.5. The molecule has 2 aromatic heterocycles. The molecular formula is C16H19N3O3S. The van der Waals surface area contributed by atoms with Gasteiger partial charge in [-0.25, -0.2) is 4.98 Å². The summed E-state index contributed by atoms with van der Waals surface area (Å²) in [7, 11) is 0. The average Bonchev–Trinajstić information content (AvgIpc) is 3.10. The fourth-order valence-corrected chi connectivity index (χ4v) is 3.89. The minimum absolute atomic E-state index is 0.0653. The summed E-state index contributed by atoms with van der Waals surface area (Å²) in [6, 6.07) is 4.12. The summed E-state index contributed by atoms with van der Waals surface area (Å²) in [6.07, 6.45) is 1.42. The number of carbonyl (C=O) groups excluding carboxylic acids is 1. The molecule has 122 valence electrons. The van der Waals surface area contributed by atoms with E-state index in [1.54, 1.807) is 11.3 Å². The summed E-state index contributed by atoms with van der Waals surface area (Å²) < 4.78 is 12.3. The highest BCUT2D eigenvalue weighted by molar-refractivity contribution is 7.17. The van der Waals surface area contributed by atoms with E-state index in [0.717, 1.165) is 17.7 Å². The second-order valence-corrected chi connectivity index (χ2v) is 6.66. The number of anilines is 1. The molecule has 4 rings (SSSR count). The van der Waals surface area contributed by atoms with Gasteiger partial charge in [-0.2, -0.15) is 0 Å². The zero-order valence-corrected chi connectivity index (χ0v) is 13.6. The Hall–Kier alpha value is -1.70. The van der Waals surface area contributed by atoms with Crippen LogP contribution in [0.2, 0.25) is 0 Å². The van der Waals surface area contributed by atoms with Crippen molar-refractivity contribution in [2.24, 2.45) is 0 Å². The number of fused-ring (bicyclic) bond motifs is 1. The summed E-state index contributed by atoms with van der Waals surface area (Å²) in [5.41, 5.74) is 0. The van der Waals surface area contributed by atoms with Gasteiger partial charge in [-0.3, -0.25) is 4.79 Å². The number of aromatic nitrogens is 1. The maximum absolute atomic E-state index is 12.6. The molecule has 0 aliphatic carbocycles. The van der Waals surface area contributed by atoms with E-state index in [9.17, 15) is 4.79 Å². The van der Waals surface area contributed by atoms with Crippen LogP contribution < -0.4 is 4.90 Å². The van der Waals surface area contributed by atoms with E-state index in [2.05, 4.69) is 21.3 Å². The number of thiophene rings is 1. The fourth-order valence-electron chi connectivity index (χ4n) is 3.11. The van der Waals surface area contributed by atoms with Crippen molar-refractivity contribution < 1.29 is 14.3 Å². The SMILES string of the molecule is O=C(C1CN(c2nccc3sccc23)CCO1)N1CCOCC1. The molecule has 0 spiro atoms. The molecular weight excluding hydrogens is 314 g/mol. The first-order valence-corrected chi connectivity index (χ1v) is 8.76. The molecule has 6 nitrogen and oxygen atoms in total. The van der Waals surface area contributed by atoms with Crippen molar-refractivity contribution >= 4 is 33.1 Å². The second-order valence-electron chi connectivity index (χ2n) is 5.71. The molecule has 7 heteroatoms. The van der Waals surface area contributed by atoms with Gasteiger partial charge in [0.2, 0.25) is 0 Å². The molecule has 0 aromatic carbocycles. The molecule has 0 N–H and O–H groups in total. The Kier molecular flexibility index (Phi) is 4.15. The Bertz CT molecular complexity index is 699. The molecule has 2 fully saturated rings. The lowest BCUT2D eigenvalue weighted by Gasteiger charge is -2.36. The van der Waals surface area contributed by atoms with Crippen molar-refractivity contribution in [2.45, 2.75) is 6.10 Å². The van der Waals surface area contributed by atoms with Crippen molar-refractivity contribution in [1.82, 2.24) is 9.88 Å². The van der Waals surface area contributed by atoms with Crippen LogP contribution in [-0.2, 0) is 14.3 Å². The van der Waals surface area contributed by atoms with Crippen molar-refractivity contribution in [3.8, 4) is 0 Å². The van der Waals surface area contributed by atoms with Crippen LogP contribution in [0.15, 0.2) is 23.7 Å². The third-order valence-electron chi connectivity index (χ3n) is 4.32.